The van der Waals surface area contributed by atoms with Gasteiger partial charge in [0.05, 0.1) is 11.6 Å². The number of rotatable bonds is 5. The van der Waals surface area contributed by atoms with E-state index in [9.17, 15) is 0 Å². The molecule has 0 amide bonds. The Bertz CT molecular complexity index is 319. The van der Waals surface area contributed by atoms with Gasteiger partial charge in [-0.2, -0.15) is 11.8 Å². The molecular formula is C11H16BrNOS. The Balaban J connectivity index is 2.73. The lowest BCUT2D eigenvalue weighted by Crippen LogP contribution is -2.11. The number of methoxy groups -OCH3 is 1. The molecule has 0 spiro atoms. The first kappa shape index (κ1) is 12.9. The molecule has 15 heavy (non-hydrogen) atoms. The molecule has 0 fully saturated rings. The van der Waals surface area contributed by atoms with Crippen molar-refractivity contribution in [3.8, 4) is 5.75 Å². The first-order valence-corrected chi connectivity index (χ1v) is 6.95. The van der Waals surface area contributed by atoms with Crippen molar-refractivity contribution in [1.29, 1.82) is 0 Å². The van der Waals surface area contributed by atoms with Crippen LogP contribution < -0.4 is 10.5 Å². The van der Waals surface area contributed by atoms with Crippen LogP contribution in [0.3, 0.4) is 0 Å². The van der Waals surface area contributed by atoms with Gasteiger partial charge in [-0.25, -0.2) is 0 Å². The van der Waals surface area contributed by atoms with E-state index in [4.69, 9.17) is 10.5 Å². The van der Waals surface area contributed by atoms with Crippen LogP contribution in [0.1, 0.15) is 18.0 Å². The zero-order valence-corrected chi connectivity index (χ0v) is 11.4. The summed E-state index contributed by atoms with van der Waals surface area (Å²) in [5.74, 6) is 1.93. The molecule has 2 nitrogen and oxygen atoms in total. The van der Waals surface area contributed by atoms with E-state index >= 15 is 0 Å². The highest BCUT2D eigenvalue weighted by molar-refractivity contribution is 9.10. The van der Waals surface area contributed by atoms with Crippen LogP contribution in [0.4, 0.5) is 0 Å². The van der Waals surface area contributed by atoms with E-state index in [0.29, 0.717) is 0 Å². The maximum atomic E-state index is 6.07. The van der Waals surface area contributed by atoms with Gasteiger partial charge in [0.1, 0.15) is 5.75 Å². The van der Waals surface area contributed by atoms with E-state index in [-0.39, 0.29) is 6.04 Å². The van der Waals surface area contributed by atoms with Crippen molar-refractivity contribution >= 4 is 27.7 Å². The Morgan fingerprint density at radius 2 is 2.27 bits per heavy atom. The Kier molecular flexibility index (Phi) is 5.50. The highest BCUT2D eigenvalue weighted by Crippen LogP contribution is 2.28. The summed E-state index contributed by atoms with van der Waals surface area (Å²) in [6.07, 6.45) is 3.09. The number of benzene rings is 1. The smallest absolute Gasteiger partial charge is 0.133 e. The van der Waals surface area contributed by atoms with Crippen molar-refractivity contribution in [1.82, 2.24) is 0 Å². The van der Waals surface area contributed by atoms with Gasteiger partial charge < -0.3 is 10.5 Å². The normalized spacial score (nSPS) is 12.5. The highest BCUT2D eigenvalue weighted by atomic mass is 79.9. The molecule has 1 atom stereocenters. The molecule has 84 valence electrons. The van der Waals surface area contributed by atoms with E-state index in [1.54, 1.807) is 7.11 Å². The van der Waals surface area contributed by atoms with Crippen LogP contribution in [-0.4, -0.2) is 19.1 Å². The summed E-state index contributed by atoms with van der Waals surface area (Å²) in [6, 6.07) is 6.11. The topological polar surface area (TPSA) is 35.2 Å². The van der Waals surface area contributed by atoms with Crippen molar-refractivity contribution in [2.45, 2.75) is 12.5 Å². The van der Waals surface area contributed by atoms with E-state index in [1.807, 2.05) is 30.0 Å². The van der Waals surface area contributed by atoms with Crippen LogP contribution in [0, 0.1) is 0 Å². The Labute approximate surface area is 104 Å². The van der Waals surface area contributed by atoms with E-state index in [0.717, 1.165) is 28.0 Å². The molecule has 0 saturated heterocycles. The summed E-state index contributed by atoms with van der Waals surface area (Å²) in [5.41, 5.74) is 7.22. The van der Waals surface area contributed by atoms with Crippen molar-refractivity contribution < 1.29 is 4.74 Å². The van der Waals surface area contributed by atoms with E-state index < -0.39 is 0 Å². The molecule has 0 saturated carbocycles. The lowest BCUT2D eigenvalue weighted by atomic mass is 10.1. The minimum absolute atomic E-state index is 0.111. The highest BCUT2D eigenvalue weighted by Gasteiger charge is 2.08. The summed E-state index contributed by atoms with van der Waals surface area (Å²) in [7, 11) is 1.66. The Morgan fingerprint density at radius 3 is 2.80 bits per heavy atom. The molecule has 1 rings (SSSR count). The molecule has 0 aliphatic carbocycles. The van der Waals surface area contributed by atoms with Gasteiger partial charge in [-0.05, 0) is 52.1 Å². The van der Waals surface area contributed by atoms with E-state index in [2.05, 4.69) is 22.2 Å². The predicted octanol–water partition coefficient (Wildman–Crippen LogP) is 3.21. The Morgan fingerprint density at radius 1 is 1.53 bits per heavy atom. The molecule has 2 N–H and O–H groups in total. The van der Waals surface area contributed by atoms with Crippen molar-refractivity contribution in [2.75, 3.05) is 19.1 Å². The summed E-state index contributed by atoms with van der Waals surface area (Å²) in [4.78, 5) is 0. The molecule has 0 aliphatic rings. The average molecular weight is 290 g/mol. The van der Waals surface area contributed by atoms with Gasteiger partial charge in [0, 0.05) is 6.04 Å². The standard InChI is InChI=1S/C11H16BrNOS/c1-14-11-4-3-8(7-9(11)12)10(13)5-6-15-2/h3-4,7,10H,5-6,13H2,1-2H3. The molecular weight excluding hydrogens is 274 g/mol. The molecule has 4 heteroatoms. The second-order valence-electron chi connectivity index (χ2n) is 3.28. The number of nitrogens with two attached hydrogens (primary N) is 1. The van der Waals surface area contributed by atoms with Crippen LogP contribution in [0.5, 0.6) is 5.75 Å². The molecule has 0 bridgehead atoms. The maximum absolute atomic E-state index is 6.07. The van der Waals surface area contributed by atoms with Crippen molar-refractivity contribution in [2.24, 2.45) is 5.73 Å². The molecule has 0 aliphatic heterocycles. The number of ether oxygens (including phenoxy) is 1. The summed E-state index contributed by atoms with van der Waals surface area (Å²) in [5, 5.41) is 0. The third kappa shape index (κ3) is 3.70. The second-order valence-corrected chi connectivity index (χ2v) is 5.12. The minimum atomic E-state index is 0.111. The molecule has 0 radical (unpaired) electrons. The van der Waals surface area contributed by atoms with Gasteiger partial charge in [-0.1, -0.05) is 6.07 Å². The van der Waals surface area contributed by atoms with Crippen LogP contribution >= 0.6 is 27.7 Å². The third-order valence-corrected chi connectivity index (χ3v) is 3.50. The zero-order chi connectivity index (χ0) is 11.3. The largest absolute Gasteiger partial charge is 0.496 e. The SMILES string of the molecule is COc1ccc(C(N)CCSC)cc1Br. The minimum Gasteiger partial charge on any atom is -0.496 e. The van der Waals surface area contributed by atoms with Gasteiger partial charge >= 0.3 is 0 Å². The lowest BCUT2D eigenvalue weighted by Gasteiger charge is -2.12. The number of hydrogen-bond acceptors (Lipinski definition) is 3. The Hall–Kier alpha value is -0.190. The monoisotopic (exact) mass is 289 g/mol. The first-order valence-electron chi connectivity index (χ1n) is 4.77. The van der Waals surface area contributed by atoms with Gasteiger partial charge in [0.25, 0.3) is 0 Å². The number of hydrogen-bond donors (Lipinski definition) is 1. The molecule has 1 aromatic carbocycles. The maximum Gasteiger partial charge on any atom is 0.133 e. The van der Waals surface area contributed by atoms with Crippen LogP contribution in [0.2, 0.25) is 0 Å². The molecule has 1 unspecified atom stereocenters. The molecule has 0 aromatic heterocycles. The third-order valence-electron chi connectivity index (χ3n) is 2.24. The number of halogens is 1. The summed E-state index contributed by atoms with van der Waals surface area (Å²) >= 11 is 5.28. The van der Waals surface area contributed by atoms with Gasteiger partial charge in [-0.15, -0.1) is 0 Å². The molecule has 0 heterocycles. The van der Waals surface area contributed by atoms with Gasteiger partial charge in [0.2, 0.25) is 0 Å². The second kappa shape index (κ2) is 6.40. The fourth-order valence-electron chi connectivity index (χ4n) is 1.32. The van der Waals surface area contributed by atoms with Gasteiger partial charge in [0.15, 0.2) is 0 Å². The van der Waals surface area contributed by atoms with Crippen molar-refractivity contribution in [3.63, 3.8) is 0 Å². The summed E-state index contributed by atoms with van der Waals surface area (Å²) < 4.78 is 6.13. The van der Waals surface area contributed by atoms with Crippen LogP contribution in [-0.2, 0) is 0 Å². The molecule has 1 aromatic rings. The van der Waals surface area contributed by atoms with Gasteiger partial charge in [-0.3, -0.25) is 0 Å². The van der Waals surface area contributed by atoms with Crippen LogP contribution in [0.15, 0.2) is 22.7 Å². The van der Waals surface area contributed by atoms with Crippen LogP contribution in [0.25, 0.3) is 0 Å². The van der Waals surface area contributed by atoms with E-state index in [1.165, 1.54) is 0 Å². The quantitative estimate of drug-likeness (QED) is 0.904. The first-order chi connectivity index (χ1) is 7.19. The van der Waals surface area contributed by atoms with Crippen molar-refractivity contribution in [3.05, 3.63) is 28.2 Å². The lowest BCUT2D eigenvalue weighted by molar-refractivity contribution is 0.412. The zero-order valence-electron chi connectivity index (χ0n) is 9.00. The fourth-order valence-corrected chi connectivity index (χ4v) is 2.37. The average Bonchev–Trinajstić information content (AvgIpc) is 2.25. The summed E-state index contributed by atoms with van der Waals surface area (Å²) in [6.45, 7) is 0. The fraction of sp³-hybridized carbons (Fsp3) is 0.455. The predicted molar refractivity (Wildman–Crippen MR) is 70.6 cm³/mol. The number of thioether (sulfide) groups is 1.